The molecule has 3 heterocycles. The molecule has 0 aliphatic carbocycles. The number of hydrogen-bond acceptors (Lipinski definition) is 5. The first-order chi connectivity index (χ1) is 12.0. The molecule has 0 saturated carbocycles. The summed E-state index contributed by atoms with van der Waals surface area (Å²) in [6.07, 6.45) is 4.66. The summed E-state index contributed by atoms with van der Waals surface area (Å²) in [5.41, 5.74) is 1.41. The lowest BCUT2D eigenvalue weighted by molar-refractivity contribution is 0.0695. The van der Waals surface area contributed by atoms with Gasteiger partial charge in [-0.1, -0.05) is 19.0 Å². The number of rotatable bonds is 4. The average molecular weight is 342 g/mol. The van der Waals surface area contributed by atoms with Crippen molar-refractivity contribution in [2.24, 2.45) is 0 Å². The van der Waals surface area contributed by atoms with Gasteiger partial charge < -0.3 is 14.7 Å². The number of nitrogens with one attached hydrogen (secondary N) is 1. The Hall–Kier alpha value is -2.70. The second kappa shape index (κ2) is 7.46. The van der Waals surface area contributed by atoms with Crippen molar-refractivity contribution < 1.29 is 14.1 Å². The molecule has 0 spiro atoms. The molecule has 2 aromatic heterocycles. The Bertz CT molecular complexity index is 734. The van der Waals surface area contributed by atoms with Crippen LogP contribution >= 0.6 is 0 Å². The maximum absolute atomic E-state index is 12.4. The van der Waals surface area contributed by atoms with Crippen molar-refractivity contribution >= 4 is 11.8 Å². The highest BCUT2D eigenvalue weighted by atomic mass is 16.5. The quantitative estimate of drug-likeness (QED) is 0.920. The van der Waals surface area contributed by atoms with Crippen LogP contribution < -0.4 is 5.32 Å². The summed E-state index contributed by atoms with van der Waals surface area (Å²) in [5, 5.41) is 6.87. The molecule has 1 aliphatic heterocycles. The van der Waals surface area contributed by atoms with E-state index < -0.39 is 0 Å². The monoisotopic (exact) mass is 342 g/mol. The van der Waals surface area contributed by atoms with Crippen LogP contribution in [0.4, 0.5) is 0 Å². The number of carbonyl (C=O) groups is 2. The second-order valence-electron chi connectivity index (χ2n) is 6.55. The van der Waals surface area contributed by atoms with E-state index in [1.165, 1.54) is 0 Å². The average Bonchev–Trinajstić information content (AvgIpc) is 3.13. The fraction of sp³-hybridized carbons (Fsp3) is 0.444. The molecular weight excluding hydrogens is 320 g/mol. The molecule has 1 aliphatic rings. The largest absolute Gasteiger partial charge is 0.351 e. The standard InChI is InChI=1S/C18H22N4O3/c1-12(2)15-11-16(25-21-15)17(23)20-14-5-9-22(10-6-14)18(24)13-3-7-19-8-4-13/h3-4,7-8,11-12,14H,5-6,9-10H2,1-2H3,(H,20,23). The highest BCUT2D eigenvalue weighted by Gasteiger charge is 2.26. The minimum absolute atomic E-state index is 0.00369. The van der Waals surface area contributed by atoms with E-state index >= 15 is 0 Å². The van der Waals surface area contributed by atoms with Gasteiger partial charge >= 0.3 is 0 Å². The third kappa shape index (κ3) is 4.04. The molecule has 0 atom stereocenters. The summed E-state index contributed by atoms with van der Waals surface area (Å²) in [6, 6.07) is 5.14. The summed E-state index contributed by atoms with van der Waals surface area (Å²) >= 11 is 0. The molecular formula is C18H22N4O3. The van der Waals surface area contributed by atoms with Crippen molar-refractivity contribution in [1.82, 2.24) is 20.4 Å². The van der Waals surface area contributed by atoms with Crippen molar-refractivity contribution in [1.29, 1.82) is 0 Å². The SMILES string of the molecule is CC(C)c1cc(C(=O)NC2CCN(C(=O)c3ccncc3)CC2)on1. The van der Waals surface area contributed by atoms with E-state index in [2.05, 4.69) is 15.5 Å². The number of pyridine rings is 1. The van der Waals surface area contributed by atoms with Gasteiger partial charge in [0.05, 0.1) is 5.69 Å². The maximum atomic E-state index is 12.4. The summed E-state index contributed by atoms with van der Waals surface area (Å²) in [4.78, 5) is 30.4. The maximum Gasteiger partial charge on any atom is 0.290 e. The van der Waals surface area contributed by atoms with Crippen LogP contribution in [0.3, 0.4) is 0 Å². The lowest BCUT2D eigenvalue weighted by Gasteiger charge is -2.32. The zero-order valence-electron chi connectivity index (χ0n) is 14.4. The van der Waals surface area contributed by atoms with Crippen molar-refractivity contribution in [3.05, 3.63) is 47.6 Å². The third-order valence-corrected chi connectivity index (χ3v) is 4.39. The van der Waals surface area contributed by atoms with Crippen LogP contribution in [0.2, 0.25) is 0 Å². The normalized spacial score (nSPS) is 15.4. The van der Waals surface area contributed by atoms with E-state index in [0.717, 1.165) is 5.69 Å². The smallest absolute Gasteiger partial charge is 0.290 e. The van der Waals surface area contributed by atoms with Gasteiger partial charge in [-0.2, -0.15) is 0 Å². The van der Waals surface area contributed by atoms with Gasteiger partial charge in [0.1, 0.15) is 0 Å². The van der Waals surface area contributed by atoms with E-state index in [0.29, 0.717) is 31.5 Å². The number of carbonyl (C=O) groups excluding carboxylic acids is 2. The Labute approximate surface area is 146 Å². The van der Waals surface area contributed by atoms with Crippen molar-refractivity contribution in [2.45, 2.75) is 38.6 Å². The summed E-state index contributed by atoms with van der Waals surface area (Å²) in [7, 11) is 0. The zero-order valence-corrected chi connectivity index (χ0v) is 14.4. The van der Waals surface area contributed by atoms with Crippen molar-refractivity contribution in [3.8, 4) is 0 Å². The van der Waals surface area contributed by atoms with Crippen LogP contribution in [0.15, 0.2) is 35.1 Å². The first-order valence-corrected chi connectivity index (χ1v) is 8.51. The predicted octanol–water partition coefficient (Wildman–Crippen LogP) is 2.23. The third-order valence-electron chi connectivity index (χ3n) is 4.39. The van der Waals surface area contributed by atoms with Gasteiger partial charge in [-0.3, -0.25) is 14.6 Å². The number of aromatic nitrogens is 2. The second-order valence-corrected chi connectivity index (χ2v) is 6.55. The number of amides is 2. The van der Waals surface area contributed by atoms with Crippen LogP contribution in [0.25, 0.3) is 0 Å². The van der Waals surface area contributed by atoms with Crippen LogP contribution in [0.1, 0.15) is 59.2 Å². The van der Waals surface area contributed by atoms with Crippen molar-refractivity contribution in [2.75, 3.05) is 13.1 Å². The van der Waals surface area contributed by atoms with Crippen LogP contribution in [0.5, 0.6) is 0 Å². The fourth-order valence-electron chi connectivity index (χ4n) is 2.83. The van der Waals surface area contributed by atoms with E-state index in [1.807, 2.05) is 18.7 Å². The van der Waals surface area contributed by atoms with E-state index in [9.17, 15) is 9.59 Å². The van der Waals surface area contributed by atoms with Gasteiger partial charge in [-0.25, -0.2) is 0 Å². The van der Waals surface area contributed by atoms with Gasteiger partial charge in [-0.15, -0.1) is 0 Å². The van der Waals surface area contributed by atoms with Gasteiger partial charge in [0, 0.05) is 43.2 Å². The first kappa shape index (κ1) is 17.1. The molecule has 132 valence electrons. The van der Waals surface area contributed by atoms with Crippen molar-refractivity contribution in [3.63, 3.8) is 0 Å². The van der Waals surface area contributed by atoms with Crippen LogP contribution in [-0.2, 0) is 0 Å². The number of hydrogen-bond donors (Lipinski definition) is 1. The highest BCUT2D eigenvalue weighted by molar-refractivity contribution is 5.94. The summed E-state index contributed by atoms with van der Waals surface area (Å²) in [5.74, 6) is 0.203. The fourth-order valence-corrected chi connectivity index (χ4v) is 2.83. The van der Waals surface area contributed by atoms with E-state index in [-0.39, 0.29) is 29.5 Å². The molecule has 0 unspecified atom stereocenters. The Balaban J connectivity index is 1.52. The Morgan fingerprint density at radius 2 is 1.92 bits per heavy atom. The van der Waals surface area contributed by atoms with Crippen LogP contribution in [0, 0.1) is 0 Å². The minimum atomic E-state index is -0.252. The summed E-state index contributed by atoms with van der Waals surface area (Å²) < 4.78 is 5.11. The molecule has 2 amide bonds. The van der Waals surface area contributed by atoms with Gasteiger partial charge in [-0.05, 0) is 30.9 Å². The molecule has 7 nitrogen and oxygen atoms in total. The molecule has 1 saturated heterocycles. The van der Waals surface area contributed by atoms with Gasteiger partial charge in [0.25, 0.3) is 11.8 Å². The number of piperidine rings is 1. The Morgan fingerprint density at radius 1 is 1.24 bits per heavy atom. The lowest BCUT2D eigenvalue weighted by atomic mass is 10.0. The molecule has 0 aromatic carbocycles. The predicted molar refractivity (Wildman–Crippen MR) is 91.2 cm³/mol. The minimum Gasteiger partial charge on any atom is -0.351 e. The van der Waals surface area contributed by atoms with Gasteiger partial charge in [0.15, 0.2) is 0 Å². The Morgan fingerprint density at radius 3 is 2.52 bits per heavy atom. The molecule has 0 radical (unpaired) electrons. The molecule has 3 rings (SSSR count). The van der Waals surface area contributed by atoms with Crippen LogP contribution in [-0.4, -0.2) is 46.0 Å². The first-order valence-electron chi connectivity index (χ1n) is 8.51. The van der Waals surface area contributed by atoms with E-state index in [1.54, 1.807) is 30.6 Å². The number of likely N-dealkylation sites (tertiary alicyclic amines) is 1. The molecule has 1 fully saturated rings. The molecule has 2 aromatic rings. The Kier molecular flexibility index (Phi) is 5.11. The topological polar surface area (TPSA) is 88.3 Å². The molecule has 0 bridgehead atoms. The highest BCUT2D eigenvalue weighted by Crippen LogP contribution is 2.16. The molecule has 7 heteroatoms. The zero-order chi connectivity index (χ0) is 17.8. The lowest BCUT2D eigenvalue weighted by Crippen LogP contribution is -2.46. The van der Waals surface area contributed by atoms with E-state index in [4.69, 9.17) is 4.52 Å². The van der Waals surface area contributed by atoms with Gasteiger partial charge in [0.2, 0.25) is 5.76 Å². The summed E-state index contributed by atoms with van der Waals surface area (Å²) in [6.45, 7) is 5.21. The number of nitrogens with zero attached hydrogens (tertiary/aromatic N) is 3. The molecule has 1 N–H and O–H groups in total. The molecule has 25 heavy (non-hydrogen) atoms.